The first-order valence-corrected chi connectivity index (χ1v) is 6.37. The molecular formula is C16H16N2O3. The number of anilines is 1. The second kappa shape index (κ2) is 6.56. The van der Waals surface area contributed by atoms with Crippen LogP contribution < -0.4 is 9.64 Å². The third-order valence-corrected chi connectivity index (χ3v) is 2.73. The fourth-order valence-electron chi connectivity index (χ4n) is 1.66. The van der Waals surface area contributed by atoms with E-state index in [1.165, 1.54) is 6.08 Å². The summed E-state index contributed by atoms with van der Waals surface area (Å²) in [5, 5.41) is 8.56. The molecule has 0 amide bonds. The van der Waals surface area contributed by atoms with Crippen molar-refractivity contribution >= 4 is 17.7 Å². The first-order valence-electron chi connectivity index (χ1n) is 6.37. The van der Waals surface area contributed by atoms with Crippen molar-refractivity contribution in [2.45, 2.75) is 0 Å². The van der Waals surface area contributed by atoms with Gasteiger partial charge >= 0.3 is 5.97 Å². The van der Waals surface area contributed by atoms with Gasteiger partial charge in [-0.25, -0.2) is 9.78 Å². The lowest BCUT2D eigenvalue weighted by atomic mass is 10.2. The van der Waals surface area contributed by atoms with E-state index in [-0.39, 0.29) is 0 Å². The Hall–Kier alpha value is -2.82. The number of ether oxygens (including phenoxy) is 1. The van der Waals surface area contributed by atoms with E-state index in [9.17, 15) is 4.79 Å². The number of pyridine rings is 1. The number of nitrogens with zero attached hydrogens (tertiary/aromatic N) is 2. The number of carboxylic acid groups (broad SMARTS) is 1. The zero-order valence-corrected chi connectivity index (χ0v) is 11.9. The van der Waals surface area contributed by atoms with Crippen molar-refractivity contribution in [3.05, 3.63) is 54.2 Å². The Morgan fingerprint density at radius 3 is 2.71 bits per heavy atom. The molecule has 0 aliphatic heterocycles. The van der Waals surface area contributed by atoms with Crippen molar-refractivity contribution in [3.8, 4) is 11.6 Å². The topological polar surface area (TPSA) is 62.7 Å². The highest BCUT2D eigenvalue weighted by Gasteiger charge is 2.01. The van der Waals surface area contributed by atoms with Gasteiger partial charge in [-0.2, -0.15) is 0 Å². The maximum atomic E-state index is 10.4. The fourth-order valence-corrected chi connectivity index (χ4v) is 1.66. The van der Waals surface area contributed by atoms with Gasteiger partial charge in [-0.3, -0.25) is 0 Å². The lowest BCUT2D eigenvalue weighted by molar-refractivity contribution is -0.131. The molecule has 0 radical (unpaired) electrons. The summed E-state index contributed by atoms with van der Waals surface area (Å²) in [4.78, 5) is 16.6. The highest BCUT2D eigenvalue weighted by atomic mass is 16.5. The summed E-state index contributed by atoms with van der Waals surface area (Å²) >= 11 is 0. The average molecular weight is 284 g/mol. The molecule has 0 saturated carbocycles. The fraction of sp³-hybridized carbons (Fsp3) is 0.125. The van der Waals surface area contributed by atoms with Crippen LogP contribution in [0.4, 0.5) is 5.69 Å². The van der Waals surface area contributed by atoms with E-state index < -0.39 is 5.97 Å². The molecule has 0 spiro atoms. The molecule has 108 valence electrons. The molecule has 1 aromatic heterocycles. The Labute approximate surface area is 123 Å². The number of carbonyl (C=O) groups is 1. The van der Waals surface area contributed by atoms with Crippen LogP contribution in [0.1, 0.15) is 5.56 Å². The van der Waals surface area contributed by atoms with Crippen molar-refractivity contribution in [1.82, 2.24) is 4.98 Å². The molecule has 2 rings (SSSR count). The van der Waals surface area contributed by atoms with Crippen LogP contribution >= 0.6 is 0 Å². The predicted molar refractivity (Wildman–Crippen MR) is 81.7 cm³/mol. The first-order chi connectivity index (χ1) is 10.0. The lowest BCUT2D eigenvalue weighted by Gasteiger charge is -2.13. The number of carboxylic acids is 1. The van der Waals surface area contributed by atoms with Crippen LogP contribution in [0.3, 0.4) is 0 Å². The van der Waals surface area contributed by atoms with E-state index in [2.05, 4.69) is 4.98 Å². The van der Waals surface area contributed by atoms with Crippen LogP contribution in [0.5, 0.6) is 11.6 Å². The van der Waals surface area contributed by atoms with Gasteiger partial charge in [0, 0.05) is 44.2 Å². The standard InChI is InChI=1S/C16H16N2O3/c1-18(2)13-4-3-5-14(10-13)21-15-8-6-12(11-17-15)7-9-16(19)20/h3-11H,1-2H3,(H,19,20)/b9-7+. The summed E-state index contributed by atoms with van der Waals surface area (Å²) in [5.41, 5.74) is 1.74. The smallest absolute Gasteiger partial charge is 0.328 e. The Morgan fingerprint density at radius 1 is 1.29 bits per heavy atom. The molecule has 0 unspecified atom stereocenters. The number of rotatable bonds is 5. The molecule has 5 nitrogen and oxygen atoms in total. The molecule has 0 aliphatic carbocycles. The summed E-state index contributed by atoms with van der Waals surface area (Å²) in [5.74, 6) is 0.164. The highest BCUT2D eigenvalue weighted by Crippen LogP contribution is 2.24. The first kappa shape index (κ1) is 14.6. The molecule has 1 aromatic carbocycles. The SMILES string of the molecule is CN(C)c1cccc(Oc2ccc(/C=C/C(=O)O)cn2)c1. The van der Waals surface area contributed by atoms with Gasteiger partial charge in [-0.15, -0.1) is 0 Å². The Kier molecular flexibility index (Phi) is 4.56. The zero-order chi connectivity index (χ0) is 15.2. The van der Waals surface area contributed by atoms with Gasteiger partial charge in [0.2, 0.25) is 5.88 Å². The summed E-state index contributed by atoms with van der Waals surface area (Å²) in [6.07, 6.45) is 4.11. The van der Waals surface area contributed by atoms with Crippen LogP contribution in [0.25, 0.3) is 6.08 Å². The molecule has 0 aliphatic rings. The molecular weight excluding hydrogens is 268 g/mol. The number of aliphatic carboxylic acids is 1. The molecule has 5 heteroatoms. The number of aromatic nitrogens is 1. The summed E-state index contributed by atoms with van der Waals surface area (Å²) in [6.45, 7) is 0. The van der Waals surface area contributed by atoms with E-state index in [1.54, 1.807) is 18.3 Å². The number of benzene rings is 1. The summed E-state index contributed by atoms with van der Waals surface area (Å²) in [7, 11) is 3.92. The van der Waals surface area contributed by atoms with Gasteiger partial charge in [0.05, 0.1) is 0 Å². The maximum absolute atomic E-state index is 10.4. The predicted octanol–water partition coefficient (Wildman–Crippen LogP) is 3.04. The van der Waals surface area contributed by atoms with Gasteiger partial charge in [0.1, 0.15) is 5.75 Å². The average Bonchev–Trinajstić information content (AvgIpc) is 2.47. The summed E-state index contributed by atoms with van der Waals surface area (Å²) in [6, 6.07) is 11.1. The van der Waals surface area contributed by atoms with Crippen molar-refractivity contribution in [2.75, 3.05) is 19.0 Å². The molecule has 2 aromatic rings. The summed E-state index contributed by atoms with van der Waals surface area (Å²) < 4.78 is 5.67. The third kappa shape index (κ3) is 4.35. The highest BCUT2D eigenvalue weighted by molar-refractivity contribution is 5.85. The van der Waals surface area contributed by atoms with Crippen molar-refractivity contribution in [2.24, 2.45) is 0 Å². The van der Waals surface area contributed by atoms with Gasteiger partial charge in [-0.05, 0) is 29.8 Å². The van der Waals surface area contributed by atoms with E-state index in [4.69, 9.17) is 9.84 Å². The monoisotopic (exact) mass is 284 g/mol. The van der Waals surface area contributed by atoms with E-state index in [1.807, 2.05) is 43.3 Å². The van der Waals surface area contributed by atoms with Crippen molar-refractivity contribution in [3.63, 3.8) is 0 Å². The van der Waals surface area contributed by atoms with E-state index >= 15 is 0 Å². The Bertz CT molecular complexity index is 649. The minimum absolute atomic E-state index is 0.457. The van der Waals surface area contributed by atoms with E-state index in [0.29, 0.717) is 17.2 Å². The van der Waals surface area contributed by atoms with Gasteiger partial charge < -0.3 is 14.7 Å². The lowest BCUT2D eigenvalue weighted by Crippen LogP contribution is -2.08. The van der Waals surface area contributed by atoms with Crippen LogP contribution in [-0.2, 0) is 4.79 Å². The number of hydrogen-bond donors (Lipinski definition) is 1. The van der Waals surface area contributed by atoms with Crippen molar-refractivity contribution in [1.29, 1.82) is 0 Å². The second-order valence-electron chi connectivity index (χ2n) is 4.60. The quantitative estimate of drug-likeness (QED) is 0.855. The molecule has 0 fully saturated rings. The zero-order valence-electron chi connectivity index (χ0n) is 11.9. The minimum Gasteiger partial charge on any atom is -0.478 e. The van der Waals surface area contributed by atoms with E-state index in [0.717, 1.165) is 11.8 Å². The molecule has 21 heavy (non-hydrogen) atoms. The second-order valence-corrected chi connectivity index (χ2v) is 4.60. The Balaban J connectivity index is 2.10. The van der Waals surface area contributed by atoms with Crippen molar-refractivity contribution < 1.29 is 14.6 Å². The van der Waals surface area contributed by atoms with Gasteiger partial charge in [0.25, 0.3) is 0 Å². The normalized spacial score (nSPS) is 10.6. The van der Waals surface area contributed by atoms with Crippen LogP contribution in [-0.4, -0.2) is 30.2 Å². The van der Waals surface area contributed by atoms with Gasteiger partial charge in [-0.1, -0.05) is 6.07 Å². The molecule has 1 heterocycles. The number of hydrogen-bond acceptors (Lipinski definition) is 4. The Morgan fingerprint density at radius 2 is 2.10 bits per heavy atom. The largest absolute Gasteiger partial charge is 0.478 e. The minimum atomic E-state index is -0.990. The molecule has 0 saturated heterocycles. The third-order valence-electron chi connectivity index (χ3n) is 2.73. The molecule has 1 N–H and O–H groups in total. The maximum Gasteiger partial charge on any atom is 0.328 e. The van der Waals surface area contributed by atoms with Crippen LogP contribution in [0, 0.1) is 0 Å². The van der Waals surface area contributed by atoms with Crippen LogP contribution in [0.15, 0.2) is 48.7 Å². The van der Waals surface area contributed by atoms with Crippen LogP contribution in [0.2, 0.25) is 0 Å². The molecule has 0 atom stereocenters. The van der Waals surface area contributed by atoms with Gasteiger partial charge in [0.15, 0.2) is 0 Å². The molecule has 0 bridgehead atoms.